The van der Waals surface area contributed by atoms with Crippen LogP contribution in [0.4, 0.5) is 0 Å². The van der Waals surface area contributed by atoms with Gasteiger partial charge in [0.1, 0.15) is 0 Å². The number of hydrogen-bond acceptors (Lipinski definition) is 3. The van der Waals surface area contributed by atoms with E-state index in [-0.39, 0.29) is 23.8 Å². The normalized spacial score (nSPS) is 25.2. The molecule has 4 nitrogen and oxygen atoms in total. The SMILES string of the molecule is CC(C(=O)NCC1(CO)CCCCC1)C1CNC1. The Balaban J connectivity index is 1.79. The van der Waals surface area contributed by atoms with Crippen LogP contribution in [0.25, 0.3) is 0 Å². The van der Waals surface area contributed by atoms with Crippen LogP contribution in [0.3, 0.4) is 0 Å². The van der Waals surface area contributed by atoms with Crippen molar-refractivity contribution in [3.63, 3.8) is 0 Å². The molecule has 18 heavy (non-hydrogen) atoms. The van der Waals surface area contributed by atoms with Crippen LogP contribution < -0.4 is 10.6 Å². The molecule has 1 heterocycles. The van der Waals surface area contributed by atoms with Crippen molar-refractivity contribution in [3.05, 3.63) is 0 Å². The van der Waals surface area contributed by atoms with E-state index >= 15 is 0 Å². The highest BCUT2D eigenvalue weighted by Crippen LogP contribution is 2.35. The van der Waals surface area contributed by atoms with Crippen LogP contribution >= 0.6 is 0 Å². The van der Waals surface area contributed by atoms with Gasteiger partial charge in [-0.2, -0.15) is 0 Å². The maximum atomic E-state index is 12.1. The van der Waals surface area contributed by atoms with E-state index in [0.717, 1.165) is 25.9 Å². The third-order valence-electron chi connectivity index (χ3n) is 4.82. The molecule has 2 aliphatic rings. The highest BCUT2D eigenvalue weighted by molar-refractivity contribution is 5.78. The summed E-state index contributed by atoms with van der Waals surface area (Å²) in [7, 11) is 0. The van der Waals surface area contributed by atoms with Gasteiger partial charge in [0.15, 0.2) is 0 Å². The largest absolute Gasteiger partial charge is 0.396 e. The lowest BCUT2D eigenvalue weighted by atomic mass is 9.74. The van der Waals surface area contributed by atoms with Gasteiger partial charge in [0.05, 0.1) is 6.61 Å². The van der Waals surface area contributed by atoms with Gasteiger partial charge in [0, 0.05) is 17.9 Å². The van der Waals surface area contributed by atoms with E-state index in [0.29, 0.717) is 12.5 Å². The Hall–Kier alpha value is -0.610. The van der Waals surface area contributed by atoms with Crippen LogP contribution in [0.5, 0.6) is 0 Å². The van der Waals surface area contributed by atoms with Crippen LogP contribution in [0.15, 0.2) is 0 Å². The zero-order valence-corrected chi connectivity index (χ0v) is 11.4. The van der Waals surface area contributed by atoms with Crippen molar-refractivity contribution in [1.82, 2.24) is 10.6 Å². The predicted octanol–water partition coefficient (Wildman–Crippen LogP) is 0.901. The van der Waals surface area contributed by atoms with E-state index in [9.17, 15) is 9.90 Å². The fraction of sp³-hybridized carbons (Fsp3) is 0.929. The number of carbonyl (C=O) groups is 1. The highest BCUT2D eigenvalue weighted by atomic mass is 16.3. The van der Waals surface area contributed by atoms with Crippen LogP contribution in [-0.4, -0.2) is 37.3 Å². The molecule has 3 N–H and O–H groups in total. The van der Waals surface area contributed by atoms with Crippen molar-refractivity contribution in [3.8, 4) is 0 Å². The Labute approximate surface area is 110 Å². The Morgan fingerprint density at radius 3 is 2.56 bits per heavy atom. The van der Waals surface area contributed by atoms with Gasteiger partial charge in [-0.15, -0.1) is 0 Å². The monoisotopic (exact) mass is 254 g/mol. The molecule has 1 amide bonds. The lowest BCUT2D eigenvalue weighted by Gasteiger charge is -2.37. The van der Waals surface area contributed by atoms with Gasteiger partial charge in [-0.25, -0.2) is 0 Å². The van der Waals surface area contributed by atoms with Gasteiger partial charge >= 0.3 is 0 Å². The van der Waals surface area contributed by atoms with Gasteiger partial charge in [-0.05, 0) is 31.8 Å². The smallest absolute Gasteiger partial charge is 0.223 e. The Morgan fingerprint density at radius 2 is 2.06 bits per heavy atom. The molecular weight excluding hydrogens is 228 g/mol. The predicted molar refractivity (Wildman–Crippen MR) is 71.1 cm³/mol. The second-order valence-corrected chi connectivity index (χ2v) is 6.14. The second kappa shape index (κ2) is 6.02. The lowest BCUT2D eigenvalue weighted by molar-refractivity contribution is -0.127. The van der Waals surface area contributed by atoms with Gasteiger partial charge < -0.3 is 15.7 Å². The molecule has 2 fully saturated rings. The van der Waals surface area contributed by atoms with Crippen molar-refractivity contribution in [2.75, 3.05) is 26.2 Å². The molecule has 0 aromatic heterocycles. The van der Waals surface area contributed by atoms with Crippen molar-refractivity contribution in [2.45, 2.75) is 39.0 Å². The Kier molecular flexibility index (Phi) is 4.62. The van der Waals surface area contributed by atoms with Gasteiger partial charge in [-0.3, -0.25) is 4.79 Å². The molecule has 1 atom stereocenters. The topological polar surface area (TPSA) is 61.4 Å². The highest BCUT2D eigenvalue weighted by Gasteiger charge is 2.34. The first-order valence-electron chi connectivity index (χ1n) is 7.26. The summed E-state index contributed by atoms with van der Waals surface area (Å²) >= 11 is 0. The summed E-state index contributed by atoms with van der Waals surface area (Å²) in [6.07, 6.45) is 5.71. The summed E-state index contributed by atoms with van der Waals surface area (Å²) in [6.45, 7) is 4.77. The number of aliphatic hydroxyl groups excluding tert-OH is 1. The molecule has 2 rings (SSSR count). The minimum absolute atomic E-state index is 0.0501. The first-order chi connectivity index (χ1) is 8.67. The van der Waals surface area contributed by atoms with Crippen molar-refractivity contribution >= 4 is 5.91 Å². The van der Waals surface area contributed by atoms with E-state index in [1.165, 1.54) is 19.3 Å². The molecule has 0 radical (unpaired) electrons. The maximum Gasteiger partial charge on any atom is 0.223 e. The summed E-state index contributed by atoms with van der Waals surface area (Å²) in [5, 5.41) is 15.9. The minimum atomic E-state index is -0.0501. The first kappa shape index (κ1) is 13.8. The molecule has 1 saturated heterocycles. The standard InChI is InChI=1S/C14H26N2O2/c1-11(12-7-15-8-12)13(18)16-9-14(10-17)5-3-2-4-6-14/h11-12,15,17H,2-10H2,1H3,(H,16,18). The first-order valence-corrected chi connectivity index (χ1v) is 7.26. The van der Waals surface area contributed by atoms with E-state index in [4.69, 9.17) is 0 Å². The number of carbonyl (C=O) groups excluding carboxylic acids is 1. The zero-order valence-electron chi connectivity index (χ0n) is 11.4. The summed E-state index contributed by atoms with van der Waals surface area (Å²) in [5.74, 6) is 0.729. The average Bonchev–Trinajstić information content (AvgIpc) is 2.35. The number of amides is 1. The molecule has 1 unspecified atom stereocenters. The van der Waals surface area contributed by atoms with Gasteiger partial charge in [0.2, 0.25) is 5.91 Å². The van der Waals surface area contributed by atoms with Gasteiger partial charge in [0.25, 0.3) is 0 Å². The average molecular weight is 254 g/mol. The van der Waals surface area contributed by atoms with E-state index in [1.807, 2.05) is 6.92 Å². The fourth-order valence-electron chi connectivity index (χ4n) is 3.01. The van der Waals surface area contributed by atoms with Crippen LogP contribution in [0.1, 0.15) is 39.0 Å². The third-order valence-corrected chi connectivity index (χ3v) is 4.82. The number of rotatable bonds is 5. The molecular formula is C14H26N2O2. The number of aliphatic hydroxyl groups is 1. The van der Waals surface area contributed by atoms with Crippen LogP contribution in [0, 0.1) is 17.3 Å². The van der Waals surface area contributed by atoms with E-state index in [2.05, 4.69) is 10.6 Å². The zero-order chi connectivity index (χ0) is 13.0. The van der Waals surface area contributed by atoms with Crippen molar-refractivity contribution in [2.24, 2.45) is 17.3 Å². The Bertz CT molecular complexity index is 284. The minimum Gasteiger partial charge on any atom is -0.396 e. The third kappa shape index (κ3) is 3.04. The molecule has 1 aliphatic carbocycles. The summed E-state index contributed by atoms with van der Waals surface area (Å²) in [4.78, 5) is 12.1. The molecule has 1 saturated carbocycles. The van der Waals surface area contributed by atoms with Crippen molar-refractivity contribution in [1.29, 1.82) is 0 Å². The molecule has 1 aliphatic heterocycles. The van der Waals surface area contributed by atoms with Crippen LogP contribution in [0.2, 0.25) is 0 Å². The summed E-state index contributed by atoms with van der Waals surface area (Å²) < 4.78 is 0. The second-order valence-electron chi connectivity index (χ2n) is 6.14. The van der Waals surface area contributed by atoms with Crippen molar-refractivity contribution < 1.29 is 9.90 Å². The molecule has 0 bridgehead atoms. The molecule has 4 heteroatoms. The lowest BCUT2D eigenvalue weighted by Crippen LogP contribution is -2.51. The van der Waals surface area contributed by atoms with Crippen LogP contribution in [-0.2, 0) is 4.79 Å². The molecule has 0 aromatic rings. The molecule has 0 aromatic carbocycles. The summed E-state index contributed by atoms with van der Waals surface area (Å²) in [5.41, 5.74) is -0.0501. The fourth-order valence-corrected chi connectivity index (χ4v) is 3.01. The number of hydrogen-bond donors (Lipinski definition) is 3. The number of nitrogens with one attached hydrogen (secondary N) is 2. The quantitative estimate of drug-likeness (QED) is 0.683. The van der Waals surface area contributed by atoms with Gasteiger partial charge in [-0.1, -0.05) is 26.2 Å². The molecule has 104 valence electrons. The van der Waals surface area contributed by atoms with E-state index in [1.54, 1.807) is 0 Å². The Morgan fingerprint density at radius 1 is 1.39 bits per heavy atom. The maximum absolute atomic E-state index is 12.1. The van der Waals surface area contributed by atoms with E-state index < -0.39 is 0 Å². The summed E-state index contributed by atoms with van der Waals surface area (Å²) in [6, 6.07) is 0. The molecule has 0 spiro atoms.